The molecule has 22 heavy (non-hydrogen) atoms. The summed E-state index contributed by atoms with van der Waals surface area (Å²) in [6, 6.07) is 0. The molecule has 3 saturated carbocycles. The van der Waals surface area contributed by atoms with E-state index in [1.54, 1.807) is 77.0 Å². The molecule has 3 aliphatic rings. The van der Waals surface area contributed by atoms with Gasteiger partial charge in [-0.15, -0.1) is 0 Å². The Balaban J connectivity index is 0.000000545. The van der Waals surface area contributed by atoms with Crippen LogP contribution in [0.3, 0.4) is 0 Å². The number of rotatable bonds is 3. The molecule has 0 bridgehead atoms. The molecule has 0 saturated heterocycles. The first-order chi connectivity index (χ1) is 10.9. The third-order valence-electron chi connectivity index (χ3n) is 5.99. The molecule has 3 fully saturated rings. The quantitative estimate of drug-likeness (QED) is 0.248. The average Bonchev–Trinajstić information content (AvgIpc) is 2.59. The van der Waals surface area contributed by atoms with Crippen LogP contribution in [0.5, 0.6) is 0 Å². The van der Waals surface area contributed by atoms with Crippen molar-refractivity contribution in [2.45, 2.75) is 113 Å². The van der Waals surface area contributed by atoms with Gasteiger partial charge in [-0.3, -0.25) is 0 Å². The molecule has 3 aliphatic carbocycles. The van der Waals surface area contributed by atoms with Crippen LogP contribution in [0.1, 0.15) is 96.3 Å². The van der Waals surface area contributed by atoms with Crippen LogP contribution < -0.4 is 0 Å². The SMILES string of the molecule is C1CCC(P(C2CCCCC2)C2CCCCC2)CC1.[Cl][Bi][Cl]. The Morgan fingerprint density at radius 1 is 0.500 bits per heavy atom. The van der Waals surface area contributed by atoms with E-state index in [9.17, 15) is 0 Å². The van der Waals surface area contributed by atoms with Gasteiger partial charge in [0, 0.05) is 0 Å². The van der Waals surface area contributed by atoms with Gasteiger partial charge in [0.05, 0.1) is 0 Å². The van der Waals surface area contributed by atoms with Crippen LogP contribution in [0.2, 0.25) is 0 Å². The van der Waals surface area contributed by atoms with Crippen LogP contribution in [0, 0.1) is 0 Å². The van der Waals surface area contributed by atoms with Gasteiger partial charge in [-0.25, -0.2) is 0 Å². The Bertz CT molecular complexity index is 229. The summed E-state index contributed by atoms with van der Waals surface area (Å²) < 4.78 is 0. The summed E-state index contributed by atoms with van der Waals surface area (Å²) in [7, 11) is 10.3. The van der Waals surface area contributed by atoms with E-state index >= 15 is 0 Å². The van der Waals surface area contributed by atoms with E-state index in [1.807, 2.05) is 0 Å². The predicted molar refractivity (Wildman–Crippen MR) is 105 cm³/mol. The van der Waals surface area contributed by atoms with E-state index in [-0.39, 0.29) is 0 Å². The molecule has 0 atom stereocenters. The number of halogens is 2. The van der Waals surface area contributed by atoms with Crippen molar-refractivity contribution in [2.24, 2.45) is 0 Å². The van der Waals surface area contributed by atoms with Crippen LogP contribution >= 0.6 is 24.9 Å². The van der Waals surface area contributed by atoms with Gasteiger partial charge < -0.3 is 0 Å². The van der Waals surface area contributed by atoms with Crippen molar-refractivity contribution in [3.8, 4) is 0 Å². The number of hydrogen-bond acceptors (Lipinski definition) is 0. The predicted octanol–water partition coefficient (Wildman–Crippen LogP) is 7.46. The molecule has 0 N–H and O–H groups in total. The Labute approximate surface area is 158 Å². The molecule has 4 heteroatoms. The molecule has 129 valence electrons. The van der Waals surface area contributed by atoms with Gasteiger partial charge in [0.15, 0.2) is 0 Å². The Hall–Kier alpha value is 1.89. The second-order valence-corrected chi connectivity index (χ2v) is 15.5. The summed E-state index contributed by atoms with van der Waals surface area (Å²) in [5.41, 5.74) is 3.57. The first-order valence-corrected chi connectivity index (χ1v) is 19.7. The molecule has 0 aromatic heterocycles. The Morgan fingerprint density at radius 3 is 0.955 bits per heavy atom. The van der Waals surface area contributed by atoms with Crippen molar-refractivity contribution in [3.63, 3.8) is 0 Å². The average molecular weight is 560 g/mol. The van der Waals surface area contributed by atoms with Crippen LogP contribution in [0.25, 0.3) is 0 Å². The monoisotopic (exact) mass is 559 g/mol. The van der Waals surface area contributed by atoms with Crippen molar-refractivity contribution in [1.29, 1.82) is 0 Å². The molecule has 1 radical (unpaired) electrons. The van der Waals surface area contributed by atoms with Gasteiger partial charge in [-0.1, -0.05) is 65.7 Å². The molecule has 0 nitrogen and oxygen atoms in total. The summed E-state index contributed by atoms with van der Waals surface area (Å²) >= 11 is -0.889. The minimum absolute atomic E-state index is 0.385. The van der Waals surface area contributed by atoms with Crippen molar-refractivity contribution < 1.29 is 0 Å². The molecule has 0 heterocycles. The van der Waals surface area contributed by atoms with E-state index in [1.165, 1.54) is 36.2 Å². The summed E-state index contributed by atoms with van der Waals surface area (Å²) in [5, 5.41) is 0. The van der Waals surface area contributed by atoms with Gasteiger partial charge in [0.1, 0.15) is 0 Å². The topological polar surface area (TPSA) is 0 Å². The van der Waals surface area contributed by atoms with E-state index in [2.05, 4.69) is 0 Å². The Morgan fingerprint density at radius 2 is 0.727 bits per heavy atom. The van der Waals surface area contributed by atoms with Crippen LogP contribution in [0.4, 0.5) is 0 Å². The standard InChI is InChI=1S/C18H33P.Bi.2ClH/c1-4-10-16(11-5-1)19(17-12-6-2-7-13-17)18-14-8-3-9-15-18;;;/h16-18H,1-15H2;;2*1H/q;+2;;/p-2. The zero-order chi connectivity index (χ0) is 15.6. The fourth-order valence-corrected chi connectivity index (χ4v) is 9.71. The molecular weight excluding hydrogens is 527 g/mol. The summed E-state index contributed by atoms with van der Waals surface area (Å²) in [5.74, 6) is 0. The molecule has 0 aromatic carbocycles. The fourth-order valence-electron chi connectivity index (χ4n) is 5.03. The van der Waals surface area contributed by atoms with Gasteiger partial charge in [-0.2, -0.15) is 0 Å². The van der Waals surface area contributed by atoms with Gasteiger partial charge in [0.25, 0.3) is 0 Å². The first kappa shape index (κ1) is 20.2. The molecule has 0 aromatic rings. The molecular formula is C18H33BiCl2P. The first-order valence-electron chi connectivity index (χ1n) is 9.56. The van der Waals surface area contributed by atoms with E-state index in [4.69, 9.17) is 17.0 Å². The number of hydrogen-bond donors (Lipinski definition) is 0. The van der Waals surface area contributed by atoms with Crippen LogP contribution in [-0.4, -0.2) is 37.8 Å². The minimum atomic E-state index is -0.889. The van der Waals surface area contributed by atoms with E-state index < -0.39 is 20.8 Å². The van der Waals surface area contributed by atoms with E-state index in [0.29, 0.717) is 7.92 Å². The van der Waals surface area contributed by atoms with Gasteiger partial charge in [0.2, 0.25) is 0 Å². The van der Waals surface area contributed by atoms with Crippen LogP contribution in [0.15, 0.2) is 0 Å². The fraction of sp³-hybridized carbons (Fsp3) is 1.00. The Kier molecular flexibility index (Phi) is 11.3. The van der Waals surface area contributed by atoms with Crippen LogP contribution in [-0.2, 0) is 0 Å². The maximum atomic E-state index is 4.94. The molecule has 0 aliphatic heterocycles. The van der Waals surface area contributed by atoms with Crippen molar-refractivity contribution in [1.82, 2.24) is 0 Å². The normalized spacial score (nSPS) is 25.8. The van der Waals surface area contributed by atoms with Crippen molar-refractivity contribution >= 4 is 45.8 Å². The second kappa shape index (κ2) is 12.3. The van der Waals surface area contributed by atoms with Gasteiger partial charge in [-0.05, 0) is 55.5 Å². The molecule has 0 spiro atoms. The maximum absolute atomic E-state index is 4.94. The third kappa shape index (κ3) is 6.66. The van der Waals surface area contributed by atoms with Crippen molar-refractivity contribution in [3.05, 3.63) is 0 Å². The zero-order valence-corrected chi connectivity index (χ0v) is 19.9. The van der Waals surface area contributed by atoms with E-state index in [0.717, 1.165) is 0 Å². The zero-order valence-electron chi connectivity index (χ0n) is 14.0. The summed E-state index contributed by atoms with van der Waals surface area (Å²) in [6.07, 6.45) is 23.6. The molecule has 3 rings (SSSR count). The summed E-state index contributed by atoms with van der Waals surface area (Å²) in [4.78, 5) is 0. The third-order valence-corrected chi connectivity index (χ3v) is 10.1. The van der Waals surface area contributed by atoms with Crippen molar-refractivity contribution in [2.75, 3.05) is 0 Å². The summed E-state index contributed by atoms with van der Waals surface area (Å²) in [6.45, 7) is 0. The second-order valence-electron chi connectivity index (χ2n) is 7.39. The van der Waals surface area contributed by atoms with Gasteiger partial charge >= 0.3 is 37.9 Å². The molecule has 0 amide bonds. The molecule has 0 unspecified atom stereocenters.